The van der Waals surface area contributed by atoms with Gasteiger partial charge >= 0.3 is 0 Å². The number of hydrogen-bond donors (Lipinski definition) is 1. The third-order valence-corrected chi connectivity index (χ3v) is 9.91. The highest BCUT2D eigenvalue weighted by Crippen LogP contribution is 2.30. The lowest BCUT2D eigenvalue weighted by molar-refractivity contribution is -0.385. The highest BCUT2D eigenvalue weighted by molar-refractivity contribution is 7.89. The SMILES string of the molecule is NS(=O)(=O)c1cccc([N+](=O)[O-])c1C(=O)c1ccc(N2CCN(Cc3ccccc3-c3ccc(OCCN4CCOCC4)cc3)CC2)cc1. The molecule has 0 spiro atoms. The predicted octanol–water partition coefficient (Wildman–Crippen LogP) is 4.17. The highest BCUT2D eigenvalue weighted by atomic mass is 32.2. The van der Waals surface area contributed by atoms with Gasteiger partial charge < -0.3 is 14.4 Å². The van der Waals surface area contributed by atoms with Crippen molar-refractivity contribution in [2.24, 2.45) is 5.14 Å². The van der Waals surface area contributed by atoms with E-state index in [1.807, 2.05) is 12.1 Å². The summed E-state index contributed by atoms with van der Waals surface area (Å²) in [5.41, 5.74) is 3.45. The Morgan fingerprint density at radius 3 is 2.20 bits per heavy atom. The Kier molecular flexibility index (Phi) is 10.7. The molecule has 0 radical (unpaired) electrons. The zero-order valence-corrected chi connectivity index (χ0v) is 27.9. The summed E-state index contributed by atoms with van der Waals surface area (Å²) in [5, 5.41) is 16.9. The van der Waals surface area contributed by atoms with E-state index in [0.29, 0.717) is 6.61 Å². The molecular weight excluding hydrogens is 646 g/mol. The Bertz CT molecular complexity index is 1890. The first-order chi connectivity index (χ1) is 23.7. The molecule has 2 aliphatic rings. The summed E-state index contributed by atoms with van der Waals surface area (Å²) in [6.07, 6.45) is 0. The van der Waals surface area contributed by atoms with Crippen molar-refractivity contribution in [2.75, 3.05) is 70.5 Å². The number of primary sulfonamides is 1. The molecule has 256 valence electrons. The average Bonchev–Trinajstić information content (AvgIpc) is 3.12. The maximum absolute atomic E-state index is 13.3. The molecule has 2 N–H and O–H groups in total. The van der Waals surface area contributed by atoms with Gasteiger partial charge in [0.25, 0.3) is 5.69 Å². The van der Waals surface area contributed by atoms with Gasteiger partial charge in [0.1, 0.15) is 17.9 Å². The molecule has 2 aliphatic heterocycles. The Morgan fingerprint density at radius 1 is 0.837 bits per heavy atom. The summed E-state index contributed by atoms with van der Waals surface area (Å²) in [7, 11) is -4.37. The number of piperazine rings is 1. The van der Waals surface area contributed by atoms with Crippen LogP contribution in [-0.4, -0.2) is 94.6 Å². The third kappa shape index (κ3) is 8.32. The summed E-state index contributed by atoms with van der Waals surface area (Å²) >= 11 is 0. The van der Waals surface area contributed by atoms with Gasteiger partial charge in [-0.1, -0.05) is 42.5 Å². The van der Waals surface area contributed by atoms with Gasteiger partial charge in [-0.05, 0) is 59.2 Å². The van der Waals surface area contributed by atoms with Gasteiger partial charge in [0.05, 0.1) is 23.0 Å². The molecule has 2 heterocycles. The van der Waals surface area contributed by atoms with Crippen molar-refractivity contribution in [1.29, 1.82) is 0 Å². The van der Waals surface area contributed by atoms with Crippen LogP contribution in [0.3, 0.4) is 0 Å². The Morgan fingerprint density at radius 2 is 1.53 bits per heavy atom. The number of nitro groups is 1. The summed E-state index contributed by atoms with van der Waals surface area (Å²) in [5.74, 6) is 0.0787. The highest BCUT2D eigenvalue weighted by Gasteiger charge is 2.30. The molecule has 4 aromatic carbocycles. The number of carbonyl (C=O) groups is 1. The molecule has 12 nitrogen and oxygen atoms in total. The molecular formula is C36H39N5O7S. The Labute approximate surface area is 285 Å². The topological polar surface area (TPSA) is 149 Å². The number of ether oxygens (including phenoxy) is 2. The minimum atomic E-state index is -4.37. The number of nitrogens with zero attached hydrogens (tertiary/aromatic N) is 4. The second-order valence-corrected chi connectivity index (χ2v) is 13.6. The summed E-state index contributed by atoms with van der Waals surface area (Å²) in [6, 6.07) is 26.8. The molecule has 2 saturated heterocycles. The van der Waals surface area contributed by atoms with Crippen LogP contribution >= 0.6 is 0 Å². The van der Waals surface area contributed by atoms with Gasteiger partial charge in [-0.15, -0.1) is 0 Å². The maximum atomic E-state index is 13.3. The summed E-state index contributed by atoms with van der Waals surface area (Å²) in [6.45, 7) is 8.99. The van der Waals surface area contributed by atoms with Crippen LogP contribution in [0.25, 0.3) is 11.1 Å². The van der Waals surface area contributed by atoms with Crippen molar-refractivity contribution in [1.82, 2.24) is 9.80 Å². The molecule has 0 saturated carbocycles. The molecule has 49 heavy (non-hydrogen) atoms. The zero-order chi connectivity index (χ0) is 34.4. The molecule has 6 rings (SSSR count). The lowest BCUT2D eigenvalue weighted by Gasteiger charge is -2.36. The standard InChI is InChI=1S/C36H39N5O7S/c37-49(45,46)34-7-3-6-33(41(43)44)35(34)36(42)28-8-12-30(13-9-28)40-18-16-39(17-19-40)26-29-4-1-2-5-32(29)27-10-14-31(15-11-27)48-25-22-38-20-23-47-24-21-38/h1-15H,16-26H2,(H2,37,45,46). The molecule has 13 heteroatoms. The van der Waals surface area contributed by atoms with Crippen LogP contribution in [0.15, 0.2) is 95.9 Å². The fourth-order valence-corrected chi connectivity index (χ4v) is 7.05. The normalized spacial score (nSPS) is 16.0. The number of morpholine rings is 1. The van der Waals surface area contributed by atoms with Crippen molar-refractivity contribution in [3.05, 3.63) is 118 Å². The van der Waals surface area contributed by atoms with Gasteiger partial charge in [0, 0.05) is 69.7 Å². The summed E-state index contributed by atoms with van der Waals surface area (Å²) in [4.78, 5) is 30.6. The molecule has 0 bridgehead atoms. The van der Waals surface area contributed by atoms with E-state index in [0.717, 1.165) is 94.7 Å². The van der Waals surface area contributed by atoms with E-state index in [1.54, 1.807) is 24.3 Å². The number of hydrogen-bond acceptors (Lipinski definition) is 10. The molecule has 0 aliphatic carbocycles. The van der Waals surface area contributed by atoms with Crippen molar-refractivity contribution in [3.63, 3.8) is 0 Å². The summed E-state index contributed by atoms with van der Waals surface area (Å²) < 4.78 is 35.7. The van der Waals surface area contributed by atoms with Crippen molar-refractivity contribution < 1.29 is 27.6 Å². The van der Waals surface area contributed by atoms with Crippen LogP contribution in [0.1, 0.15) is 21.5 Å². The largest absolute Gasteiger partial charge is 0.492 e. The van der Waals surface area contributed by atoms with Crippen molar-refractivity contribution in [2.45, 2.75) is 11.4 Å². The Balaban J connectivity index is 1.06. The molecule has 0 atom stereocenters. The number of ketones is 1. The minimum Gasteiger partial charge on any atom is -0.492 e. The first kappa shape index (κ1) is 34.2. The van der Waals surface area contributed by atoms with Gasteiger partial charge in [0.2, 0.25) is 15.8 Å². The van der Waals surface area contributed by atoms with E-state index < -0.39 is 36.9 Å². The second kappa shape index (κ2) is 15.3. The molecule has 4 aromatic rings. The fraction of sp³-hybridized carbons (Fsp3) is 0.306. The van der Waals surface area contributed by atoms with Crippen LogP contribution in [-0.2, 0) is 21.3 Å². The Hall–Kier alpha value is -4.66. The van der Waals surface area contributed by atoms with Gasteiger partial charge in [-0.25, -0.2) is 13.6 Å². The zero-order valence-electron chi connectivity index (χ0n) is 27.1. The first-order valence-electron chi connectivity index (χ1n) is 16.2. The first-order valence-corrected chi connectivity index (χ1v) is 17.8. The second-order valence-electron chi connectivity index (χ2n) is 12.1. The number of benzene rings is 4. The number of carbonyl (C=O) groups excluding carboxylic acids is 1. The van der Waals surface area contributed by atoms with Crippen LogP contribution < -0.4 is 14.8 Å². The molecule has 0 aromatic heterocycles. The van der Waals surface area contributed by atoms with Gasteiger partial charge in [0.15, 0.2) is 0 Å². The smallest absolute Gasteiger partial charge is 0.281 e. The number of nitro benzene ring substituents is 1. The number of sulfonamides is 1. The number of rotatable bonds is 12. The lowest BCUT2D eigenvalue weighted by Crippen LogP contribution is -2.46. The van der Waals surface area contributed by atoms with Gasteiger partial charge in [-0.3, -0.25) is 24.7 Å². The van der Waals surface area contributed by atoms with Crippen LogP contribution in [0.5, 0.6) is 5.75 Å². The predicted molar refractivity (Wildman–Crippen MR) is 186 cm³/mol. The molecule has 2 fully saturated rings. The average molecular weight is 686 g/mol. The van der Waals surface area contributed by atoms with Crippen LogP contribution in [0.2, 0.25) is 0 Å². The monoisotopic (exact) mass is 685 g/mol. The van der Waals surface area contributed by atoms with Crippen molar-refractivity contribution in [3.8, 4) is 16.9 Å². The fourth-order valence-electron chi connectivity index (χ4n) is 6.30. The van der Waals surface area contributed by atoms with E-state index >= 15 is 0 Å². The van der Waals surface area contributed by atoms with E-state index in [1.165, 1.54) is 17.2 Å². The maximum Gasteiger partial charge on any atom is 0.281 e. The van der Waals surface area contributed by atoms with E-state index in [9.17, 15) is 23.3 Å². The molecule has 0 amide bonds. The van der Waals surface area contributed by atoms with E-state index in [4.69, 9.17) is 14.6 Å². The number of nitrogens with two attached hydrogens (primary N) is 1. The minimum absolute atomic E-state index is 0.130. The number of anilines is 1. The van der Waals surface area contributed by atoms with Crippen molar-refractivity contribution >= 4 is 27.2 Å². The third-order valence-electron chi connectivity index (χ3n) is 8.96. The van der Waals surface area contributed by atoms with Crippen LogP contribution in [0, 0.1) is 10.1 Å². The van der Waals surface area contributed by atoms with E-state index in [-0.39, 0.29) is 5.56 Å². The lowest BCUT2D eigenvalue weighted by atomic mass is 9.99. The van der Waals surface area contributed by atoms with Gasteiger partial charge in [-0.2, -0.15) is 0 Å². The molecule has 0 unspecified atom stereocenters. The van der Waals surface area contributed by atoms with Crippen LogP contribution in [0.4, 0.5) is 11.4 Å². The van der Waals surface area contributed by atoms with E-state index in [2.05, 4.69) is 51.1 Å². The quantitative estimate of drug-likeness (QED) is 0.131.